The van der Waals surface area contributed by atoms with Gasteiger partial charge in [-0.25, -0.2) is 4.98 Å². The predicted molar refractivity (Wildman–Crippen MR) is 52.6 cm³/mol. The van der Waals surface area contributed by atoms with Crippen LogP contribution in [0.1, 0.15) is 11.3 Å². The third-order valence-electron chi connectivity index (χ3n) is 2.13. The number of nitrogens with zero attached hydrogens (tertiary/aromatic N) is 2. The topological polar surface area (TPSA) is 17.3 Å². The van der Waals surface area contributed by atoms with E-state index < -0.39 is 11.7 Å². The van der Waals surface area contributed by atoms with Gasteiger partial charge in [0, 0.05) is 6.20 Å². The summed E-state index contributed by atoms with van der Waals surface area (Å²) in [6, 6.07) is 2.37. The zero-order valence-corrected chi connectivity index (χ0v) is 9.22. The van der Waals surface area contributed by atoms with Gasteiger partial charge in [-0.2, -0.15) is 13.2 Å². The monoisotopic (exact) mass is 278 g/mol. The van der Waals surface area contributed by atoms with Crippen LogP contribution in [0.4, 0.5) is 13.2 Å². The molecule has 6 heteroatoms. The Morgan fingerprint density at radius 2 is 2.00 bits per heavy atom. The third-order valence-corrected chi connectivity index (χ3v) is 2.88. The zero-order chi connectivity index (χ0) is 11.2. The minimum Gasteiger partial charge on any atom is -0.303 e. The summed E-state index contributed by atoms with van der Waals surface area (Å²) in [7, 11) is 0. The summed E-state index contributed by atoms with van der Waals surface area (Å²) in [4.78, 5) is 4.05. The van der Waals surface area contributed by atoms with Crippen LogP contribution in [0, 0.1) is 6.92 Å². The van der Waals surface area contributed by atoms with Crippen molar-refractivity contribution < 1.29 is 13.2 Å². The van der Waals surface area contributed by atoms with E-state index in [0.29, 0.717) is 15.9 Å². The molecule has 80 valence electrons. The Balaban J connectivity index is 2.70. The predicted octanol–water partition coefficient (Wildman–Crippen LogP) is 3.42. The summed E-state index contributed by atoms with van der Waals surface area (Å²) in [5.41, 5.74) is 0.464. The zero-order valence-electron chi connectivity index (χ0n) is 7.64. The van der Waals surface area contributed by atoms with Crippen LogP contribution in [0.3, 0.4) is 0 Å². The number of pyridine rings is 1. The van der Waals surface area contributed by atoms with Crippen LogP contribution in [-0.2, 0) is 6.18 Å². The van der Waals surface area contributed by atoms with E-state index in [1.807, 2.05) is 0 Å². The molecule has 0 atom stereocenters. The lowest BCUT2D eigenvalue weighted by atomic mass is 10.3. The molecular weight excluding hydrogens is 273 g/mol. The third kappa shape index (κ3) is 1.73. The number of halogens is 4. The van der Waals surface area contributed by atoms with Gasteiger partial charge in [-0.05, 0) is 35.0 Å². The van der Waals surface area contributed by atoms with Gasteiger partial charge in [-0.3, -0.25) is 0 Å². The van der Waals surface area contributed by atoms with Crippen molar-refractivity contribution in [2.45, 2.75) is 13.1 Å². The molecule has 0 bridgehead atoms. The van der Waals surface area contributed by atoms with Crippen LogP contribution in [0.2, 0.25) is 0 Å². The van der Waals surface area contributed by atoms with Gasteiger partial charge in [0.2, 0.25) is 0 Å². The van der Waals surface area contributed by atoms with E-state index in [0.717, 1.165) is 12.3 Å². The molecule has 0 fully saturated rings. The molecule has 2 nitrogen and oxygen atoms in total. The molecule has 0 radical (unpaired) electrons. The van der Waals surface area contributed by atoms with Crippen LogP contribution in [0.5, 0.6) is 0 Å². The van der Waals surface area contributed by atoms with E-state index in [9.17, 15) is 13.2 Å². The highest BCUT2D eigenvalue weighted by Gasteiger charge is 2.31. The number of fused-ring (bicyclic) bond motifs is 1. The van der Waals surface area contributed by atoms with Gasteiger partial charge in [0.05, 0.1) is 11.3 Å². The van der Waals surface area contributed by atoms with Crippen LogP contribution >= 0.6 is 15.9 Å². The van der Waals surface area contributed by atoms with E-state index in [1.54, 1.807) is 6.92 Å². The number of imidazole rings is 1. The molecule has 2 aromatic heterocycles. The van der Waals surface area contributed by atoms with E-state index in [-0.39, 0.29) is 0 Å². The van der Waals surface area contributed by atoms with Gasteiger partial charge in [0.25, 0.3) is 0 Å². The first-order valence-corrected chi connectivity index (χ1v) is 4.90. The maximum absolute atomic E-state index is 12.4. The Labute approximate surface area is 91.9 Å². The summed E-state index contributed by atoms with van der Waals surface area (Å²) in [5.74, 6) is 0. The Morgan fingerprint density at radius 3 is 2.60 bits per heavy atom. The SMILES string of the molecule is Cc1c(Br)nc2ccc(C(F)(F)F)cn12. The lowest BCUT2D eigenvalue weighted by Crippen LogP contribution is -2.06. The highest BCUT2D eigenvalue weighted by Crippen LogP contribution is 2.30. The molecule has 0 aliphatic carbocycles. The van der Waals surface area contributed by atoms with Gasteiger partial charge < -0.3 is 4.40 Å². The molecule has 0 unspecified atom stereocenters. The smallest absolute Gasteiger partial charge is 0.303 e. The van der Waals surface area contributed by atoms with Crippen molar-refractivity contribution in [3.8, 4) is 0 Å². The number of hydrogen-bond acceptors (Lipinski definition) is 1. The number of aromatic nitrogens is 2. The Morgan fingerprint density at radius 1 is 1.33 bits per heavy atom. The fourth-order valence-corrected chi connectivity index (χ4v) is 1.67. The fraction of sp³-hybridized carbons (Fsp3) is 0.222. The summed E-state index contributed by atoms with van der Waals surface area (Å²) in [5, 5.41) is 0. The molecule has 0 saturated carbocycles. The van der Waals surface area contributed by atoms with E-state index >= 15 is 0 Å². The number of aryl methyl sites for hydroxylation is 1. The van der Waals surface area contributed by atoms with Gasteiger partial charge in [-0.15, -0.1) is 0 Å². The molecule has 2 rings (SSSR count). The largest absolute Gasteiger partial charge is 0.417 e. The first kappa shape index (κ1) is 10.5. The van der Waals surface area contributed by atoms with Crippen molar-refractivity contribution in [1.82, 2.24) is 9.38 Å². The van der Waals surface area contributed by atoms with Crippen molar-refractivity contribution >= 4 is 21.6 Å². The second kappa shape index (κ2) is 3.23. The van der Waals surface area contributed by atoms with Crippen molar-refractivity contribution in [2.24, 2.45) is 0 Å². The first-order valence-electron chi connectivity index (χ1n) is 4.11. The molecule has 0 amide bonds. The van der Waals surface area contributed by atoms with E-state index in [4.69, 9.17) is 0 Å². The highest BCUT2D eigenvalue weighted by molar-refractivity contribution is 9.10. The summed E-state index contributed by atoms with van der Waals surface area (Å²) >= 11 is 3.17. The molecule has 2 heterocycles. The lowest BCUT2D eigenvalue weighted by Gasteiger charge is -2.06. The van der Waals surface area contributed by atoms with Gasteiger partial charge in [0.1, 0.15) is 10.3 Å². The second-order valence-electron chi connectivity index (χ2n) is 3.13. The normalized spacial score (nSPS) is 12.3. The quantitative estimate of drug-likeness (QED) is 0.722. The molecule has 0 spiro atoms. The number of alkyl halides is 3. The van der Waals surface area contributed by atoms with E-state index in [1.165, 1.54) is 10.5 Å². The van der Waals surface area contributed by atoms with Gasteiger partial charge in [0.15, 0.2) is 0 Å². The molecule has 2 aromatic rings. The van der Waals surface area contributed by atoms with Crippen molar-refractivity contribution in [3.63, 3.8) is 0 Å². The molecule has 0 aromatic carbocycles. The standard InChI is InChI=1S/C9H6BrF3N2/c1-5-8(10)14-7-3-2-6(4-15(5)7)9(11,12)13/h2-4H,1H3. The Hall–Kier alpha value is -1.04. The minimum absolute atomic E-state index is 0.493. The van der Waals surface area contributed by atoms with Gasteiger partial charge >= 0.3 is 6.18 Å². The molecule has 0 N–H and O–H groups in total. The number of rotatable bonds is 0. The maximum atomic E-state index is 12.4. The van der Waals surface area contributed by atoms with E-state index in [2.05, 4.69) is 20.9 Å². The van der Waals surface area contributed by atoms with Crippen LogP contribution in [-0.4, -0.2) is 9.38 Å². The van der Waals surface area contributed by atoms with Crippen molar-refractivity contribution in [2.75, 3.05) is 0 Å². The van der Waals surface area contributed by atoms with Crippen LogP contribution < -0.4 is 0 Å². The molecule has 0 aliphatic heterocycles. The molecule has 0 saturated heterocycles. The van der Waals surface area contributed by atoms with Crippen molar-refractivity contribution in [1.29, 1.82) is 0 Å². The van der Waals surface area contributed by atoms with Gasteiger partial charge in [-0.1, -0.05) is 0 Å². The molecular formula is C9H6BrF3N2. The summed E-state index contributed by atoms with van der Waals surface area (Å²) < 4.78 is 39.2. The molecule has 15 heavy (non-hydrogen) atoms. The average Bonchev–Trinajstić information content (AvgIpc) is 2.41. The highest BCUT2D eigenvalue weighted by atomic mass is 79.9. The lowest BCUT2D eigenvalue weighted by molar-refractivity contribution is -0.137. The van der Waals surface area contributed by atoms with Crippen LogP contribution in [0.15, 0.2) is 22.9 Å². The Kier molecular flexibility index (Phi) is 2.26. The second-order valence-corrected chi connectivity index (χ2v) is 3.88. The van der Waals surface area contributed by atoms with Crippen molar-refractivity contribution in [3.05, 3.63) is 34.2 Å². The summed E-state index contributed by atoms with van der Waals surface area (Å²) in [6.45, 7) is 1.70. The maximum Gasteiger partial charge on any atom is 0.417 e. The first-order chi connectivity index (χ1) is 6.89. The fourth-order valence-electron chi connectivity index (χ4n) is 1.30. The molecule has 0 aliphatic rings. The minimum atomic E-state index is -4.32. The average molecular weight is 279 g/mol. The van der Waals surface area contributed by atoms with Crippen LogP contribution in [0.25, 0.3) is 5.65 Å². The number of hydrogen-bond donors (Lipinski definition) is 0. The summed E-state index contributed by atoms with van der Waals surface area (Å²) in [6.07, 6.45) is -3.28. The Bertz CT molecular complexity index is 516.